The van der Waals surface area contributed by atoms with Crippen molar-refractivity contribution in [3.05, 3.63) is 77.7 Å². The maximum Gasteiger partial charge on any atom is 0.335 e. The lowest BCUT2D eigenvalue weighted by Gasteiger charge is -2.06. The molecule has 0 aliphatic rings. The number of esters is 1. The Morgan fingerprint density at radius 2 is 1.54 bits per heavy atom. The van der Waals surface area contributed by atoms with Crippen molar-refractivity contribution >= 4 is 17.3 Å². The van der Waals surface area contributed by atoms with Crippen LogP contribution in [0.3, 0.4) is 0 Å². The number of rotatable bonds is 6. The maximum absolute atomic E-state index is 11.5. The maximum atomic E-state index is 11.5. The van der Waals surface area contributed by atoms with Gasteiger partial charge in [-0.2, -0.15) is 0 Å². The molecule has 0 spiro atoms. The van der Waals surface area contributed by atoms with Crippen molar-refractivity contribution in [2.24, 2.45) is 0 Å². The lowest BCUT2D eigenvalue weighted by atomic mass is 10.0. The first-order valence-corrected chi connectivity index (χ1v) is 9.65. The zero-order valence-electron chi connectivity index (χ0n) is 15.1. The zero-order valence-corrected chi connectivity index (χ0v) is 15.9. The fourth-order valence-corrected chi connectivity index (χ4v) is 3.86. The molecule has 2 aromatic carbocycles. The van der Waals surface area contributed by atoms with E-state index in [4.69, 9.17) is 4.74 Å². The van der Waals surface area contributed by atoms with Gasteiger partial charge in [0.1, 0.15) is 5.75 Å². The van der Waals surface area contributed by atoms with Gasteiger partial charge in [0, 0.05) is 15.8 Å². The zero-order chi connectivity index (χ0) is 18.4. The predicted octanol–water partition coefficient (Wildman–Crippen LogP) is 6.52. The van der Waals surface area contributed by atoms with E-state index < -0.39 is 0 Å². The van der Waals surface area contributed by atoms with Gasteiger partial charge < -0.3 is 4.74 Å². The number of hydrogen-bond donors (Lipinski definition) is 0. The highest BCUT2D eigenvalue weighted by molar-refractivity contribution is 7.15. The SMILES string of the molecule is C/C=C/C(=O)Oc1ccc(-c2ccc(-c3ccc(CCC)s3)cc2)cc1. The van der Waals surface area contributed by atoms with Crippen molar-refractivity contribution in [1.29, 1.82) is 0 Å². The number of hydrogen-bond acceptors (Lipinski definition) is 3. The quantitative estimate of drug-likeness (QED) is 0.283. The van der Waals surface area contributed by atoms with Crippen LogP contribution in [0.2, 0.25) is 0 Å². The molecule has 132 valence electrons. The van der Waals surface area contributed by atoms with Gasteiger partial charge in [-0.3, -0.25) is 0 Å². The van der Waals surface area contributed by atoms with Crippen molar-refractivity contribution in [1.82, 2.24) is 0 Å². The first-order valence-electron chi connectivity index (χ1n) is 8.83. The number of benzene rings is 2. The summed E-state index contributed by atoms with van der Waals surface area (Å²) in [5, 5.41) is 0. The molecule has 2 nitrogen and oxygen atoms in total. The van der Waals surface area contributed by atoms with Crippen molar-refractivity contribution in [3.8, 4) is 27.3 Å². The van der Waals surface area contributed by atoms with Gasteiger partial charge in [0.05, 0.1) is 0 Å². The average Bonchev–Trinajstić information content (AvgIpc) is 3.12. The minimum absolute atomic E-state index is 0.358. The van der Waals surface area contributed by atoms with E-state index in [1.54, 1.807) is 13.0 Å². The number of carbonyl (C=O) groups excluding carboxylic acids is 1. The van der Waals surface area contributed by atoms with Crippen LogP contribution in [0.1, 0.15) is 25.1 Å². The molecule has 0 aliphatic carbocycles. The number of thiophene rings is 1. The summed E-state index contributed by atoms with van der Waals surface area (Å²) in [5.74, 6) is 0.193. The Kier molecular flexibility index (Phi) is 6.03. The summed E-state index contributed by atoms with van der Waals surface area (Å²) in [6.45, 7) is 4.00. The Morgan fingerprint density at radius 1 is 0.923 bits per heavy atom. The van der Waals surface area contributed by atoms with Crippen LogP contribution in [0.25, 0.3) is 21.6 Å². The van der Waals surface area contributed by atoms with Gasteiger partial charge in [0.25, 0.3) is 0 Å². The summed E-state index contributed by atoms with van der Waals surface area (Å²) in [5.41, 5.74) is 3.49. The molecule has 0 fully saturated rings. The molecule has 0 radical (unpaired) electrons. The summed E-state index contributed by atoms with van der Waals surface area (Å²) < 4.78 is 5.22. The number of aryl methyl sites for hydroxylation is 1. The van der Waals surface area contributed by atoms with Gasteiger partial charge in [-0.1, -0.05) is 55.8 Å². The monoisotopic (exact) mass is 362 g/mol. The highest BCUT2D eigenvalue weighted by Crippen LogP contribution is 2.31. The molecule has 0 saturated heterocycles. The van der Waals surface area contributed by atoms with E-state index in [0.717, 1.165) is 17.5 Å². The van der Waals surface area contributed by atoms with E-state index in [1.165, 1.54) is 27.8 Å². The first kappa shape index (κ1) is 18.2. The van der Waals surface area contributed by atoms with Crippen LogP contribution < -0.4 is 4.74 Å². The van der Waals surface area contributed by atoms with Crippen LogP contribution in [-0.4, -0.2) is 5.97 Å². The molecule has 0 aliphatic heterocycles. The summed E-state index contributed by atoms with van der Waals surface area (Å²) >= 11 is 1.87. The molecule has 0 N–H and O–H groups in total. The third kappa shape index (κ3) is 4.50. The Morgan fingerprint density at radius 3 is 2.15 bits per heavy atom. The van der Waals surface area contributed by atoms with Gasteiger partial charge in [-0.15, -0.1) is 11.3 Å². The third-order valence-corrected chi connectivity index (χ3v) is 5.23. The molecule has 26 heavy (non-hydrogen) atoms. The smallest absolute Gasteiger partial charge is 0.335 e. The third-order valence-electron chi connectivity index (χ3n) is 4.04. The molecule has 0 bridgehead atoms. The highest BCUT2D eigenvalue weighted by atomic mass is 32.1. The van der Waals surface area contributed by atoms with Gasteiger partial charge in [0.2, 0.25) is 0 Å². The Labute approximate surface area is 158 Å². The molecule has 1 aromatic heterocycles. The molecular weight excluding hydrogens is 340 g/mol. The molecule has 0 saturated carbocycles. The summed E-state index contributed by atoms with van der Waals surface area (Å²) in [4.78, 5) is 14.2. The molecule has 3 rings (SSSR count). The molecule has 0 amide bonds. The summed E-state index contributed by atoms with van der Waals surface area (Å²) in [6.07, 6.45) is 5.40. The highest BCUT2D eigenvalue weighted by Gasteiger charge is 2.05. The van der Waals surface area contributed by atoms with Gasteiger partial charge in [-0.25, -0.2) is 4.79 Å². The van der Waals surface area contributed by atoms with E-state index in [0.29, 0.717) is 5.75 Å². The van der Waals surface area contributed by atoms with Gasteiger partial charge >= 0.3 is 5.97 Å². The van der Waals surface area contributed by atoms with Crippen LogP contribution in [-0.2, 0) is 11.2 Å². The Balaban J connectivity index is 1.72. The molecular formula is C23H22O2S. The second-order valence-corrected chi connectivity index (χ2v) is 7.21. The number of carbonyl (C=O) groups is 1. The van der Waals surface area contributed by atoms with Gasteiger partial charge in [0.15, 0.2) is 0 Å². The van der Waals surface area contributed by atoms with E-state index in [9.17, 15) is 4.79 Å². The minimum Gasteiger partial charge on any atom is -0.423 e. The van der Waals surface area contributed by atoms with Crippen molar-refractivity contribution in [2.45, 2.75) is 26.7 Å². The predicted molar refractivity (Wildman–Crippen MR) is 110 cm³/mol. The van der Waals surface area contributed by atoms with Crippen LogP contribution in [0.4, 0.5) is 0 Å². The fourth-order valence-electron chi connectivity index (χ4n) is 2.74. The van der Waals surface area contributed by atoms with Crippen molar-refractivity contribution in [2.75, 3.05) is 0 Å². The second kappa shape index (κ2) is 8.63. The van der Waals surface area contributed by atoms with Crippen LogP contribution in [0.15, 0.2) is 72.8 Å². The lowest BCUT2D eigenvalue weighted by Crippen LogP contribution is -2.03. The lowest BCUT2D eigenvalue weighted by molar-refractivity contribution is -0.129. The van der Waals surface area contributed by atoms with Crippen molar-refractivity contribution < 1.29 is 9.53 Å². The topological polar surface area (TPSA) is 26.3 Å². The standard InChI is InChI=1S/C23H22O2S/c1-3-5-21-15-16-22(26-21)19-9-7-17(8-10-19)18-11-13-20(14-12-18)25-23(24)6-4-2/h4,6-16H,3,5H2,1-2H3/b6-4+. The van der Waals surface area contributed by atoms with Crippen LogP contribution in [0, 0.1) is 0 Å². The second-order valence-electron chi connectivity index (χ2n) is 6.04. The molecule has 0 atom stereocenters. The Hall–Kier alpha value is -2.65. The van der Waals surface area contributed by atoms with Crippen molar-refractivity contribution in [3.63, 3.8) is 0 Å². The van der Waals surface area contributed by atoms with Crippen LogP contribution in [0.5, 0.6) is 5.75 Å². The van der Waals surface area contributed by atoms with Crippen LogP contribution >= 0.6 is 11.3 Å². The largest absolute Gasteiger partial charge is 0.423 e. The van der Waals surface area contributed by atoms with Gasteiger partial charge in [-0.05, 0) is 54.3 Å². The first-order chi connectivity index (χ1) is 12.7. The molecule has 3 aromatic rings. The fraction of sp³-hybridized carbons (Fsp3) is 0.174. The number of ether oxygens (including phenoxy) is 1. The average molecular weight is 362 g/mol. The minimum atomic E-state index is -0.358. The molecule has 0 unspecified atom stereocenters. The van der Waals surface area contributed by atoms with E-state index >= 15 is 0 Å². The molecule has 3 heteroatoms. The number of allylic oxidation sites excluding steroid dienone is 1. The normalized spacial score (nSPS) is 11.0. The van der Waals surface area contributed by atoms with E-state index in [-0.39, 0.29) is 5.97 Å². The molecule has 1 heterocycles. The van der Waals surface area contributed by atoms with E-state index in [2.05, 4.69) is 43.3 Å². The van der Waals surface area contributed by atoms with E-state index in [1.807, 2.05) is 35.6 Å². The summed E-state index contributed by atoms with van der Waals surface area (Å²) in [6, 6.07) is 20.6. The summed E-state index contributed by atoms with van der Waals surface area (Å²) in [7, 11) is 0. The Bertz CT molecular complexity index is 887.